The van der Waals surface area contributed by atoms with Gasteiger partial charge in [-0.25, -0.2) is 14.4 Å². The summed E-state index contributed by atoms with van der Waals surface area (Å²) >= 11 is 0. The second-order valence-electron chi connectivity index (χ2n) is 10.3. The van der Waals surface area contributed by atoms with Crippen molar-refractivity contribution in [3.05, 3.63) is 11.6 Å². The second kappa shape index (κ2) is 12.8. The van der Waals surface area contributed by atoms with Crippen molar-refractivity contribution < 1.29 is 43.2 Å². The number of methoxy groups -OCH3 is 2. The molecule has 2 aliphatic heterocycles. The van der Waals surface area contributed by atoms with Gasteiger partial charge in [-0.3, -0.25) is 4.79 Å². The highest BCUT2D eigenvalue weighted by molar-refractivity contribution is 5.89. The number of amides is 2. The zero-order chi connectivity index (χ0) is 27.0. The number of hydrogen-bond acceptors (Lipinski definition) is 9. The van der Waals surface area contributed by atoms with Crippen LogP contribution in [0.3, 0.4) is 0 Å². The fourth-order valence-corrected chi connectivity index (χ4v) is 3.32. The number of nitrogens with zero attached hydrogens (tertiary/aromatic N) is 2. The maximum Gasteiger partial charge on any atom is 0.410 e. The van der Waals surface area contributed by atoms with Gasteiger partial charge in [0.05, 0.1) is 32.4 Å². The van der Waals surface area contributed by atoms with Crippen LogP contribution in [0.2, 0.25) is 0 Å². The van der Waals surface area contributed by atoms with Gasteiger partial charge in [0, 0.05) is 19.6 Å². The van der Waals surface area contributed by atoms with Gasteiger partial charge < -0.3 is 33.9 Å². The molecule has 1 saturated heterocycles. The summed E-state index contributed by atoms with van der Waals surface area (Å²) in [5.74, 6) is -1.59. The molecular formula is C24H40N2O9. The minimum atomic E-state index is -0.767. The van der Waals surface area contributed by atoms with E-state index in [1.807, 2.05) is 20.8 Å². The van der Waals surface area contributed by atoms with Gasteiger partial charge in [-0.15, -0.1) is 0 Å². The lowest BCUT2D eigenvalue weighted by Gasteiger charge is -2.35. The predicted octanol–water partition coefficient (Wildman–Crippen LogP) is 2.50. The van der Waals surface area contributed by atoms with Crippen molar-refractivity contribution in [2.45, 2.75) is 71.7 Å². The molecule has 35 heavy (non-hydrogen) atoms. The molecule has 0 bridgehead atoms. The molecule has 2 atom stereocenters. The smallest absolute Gasteiger partial charge is 0.410 e. The number of esters is 2. The molecule has 0 aromatic carbocycles. The van der Waals surface area contributed by atoms with Crippen molar-refractivity contribution in [2.75, 3.05) is 40.4 Å². The molecule has 0 saturated carbocycles. The van der Waals surface area contributed by atoms with Crippen LogP contribution in [0.1, 0.15) is 54.4 Å². The van der Waals surface area contributed by atoms with Crippen LogP contribution >= 0.6 is 0 Å². The first kappa shape index (κ1) is 30.2. The van der Waals surface area contributed by atoms with Crippen LogP contribution in [-0.2, 0) is 28.5 Å². The summed E-state index contributed by atoms with van der Waals surface area (Å²) < 4.78 is 19.7. The lowest BCUT2D eigenvalue weighted by molar-refractivity contribution is -0.152. The summed E-state index contributed by atoms with van der Waals surface area (Å²) in [5.41, 5.74) is -0.595. The van der Waals surface area contributed by atoms with Crippen molar-refractivity contribution >= 4 is 24.1 Å². The molecule has 2 unspecified atom stereocenters. The van der Waals surface area contributed by atoms with Crippen molar-refractivity contribution in [2.24, 2.45) is 5.92 Å². The Balaban J connectivity index is 0.000000351. The Kier molecular flexibility index (Phi) is 11.0. The van der Waals surface area contributed by atoms with E-state index >= 15 is 0 Å². The maximum absolute atomic E-state index is 11.8. The molecule has 0 radical (unpaired) electrons. The molecule has 0 aromatic rings. The number of hydrogen-bond donors (Lipinski definition) is 1. The van der Waals surface area contributed by atoms with Gasteiger partial charge in [0.1, 0.15) is 17.1 Å². The zero-order valence-corrected chi connectivity index (χ0v) is 22.1. The highest BCUT2D eigenvalue weighted by Gasteiger charge is 2.37. The van der Waals surface area contributed by atoms with Crippen LogP contribution in [0.5, 0.6) is 0 Å². The summed E-state index contributed by atoms with van der Waals surface area (Å²) in [7, 11) is 2.59. The molecular weight excluding hydrogens is 460 g/mol. The van der Waals surface area contributed by atoms with Crippen molar-refractivity contribution in [3.63, 3.8) is 0 Å². The summed E-state index contributed by atoms with van der Waals surface area (Å²) in [6.07, 6.45) is 1.15. The van der Waals surface area contributed by atoms with E-state index in [9.17, 15) is 24.3 Å². The number of ether oxygens (including phenoxy) is 4. The number of aliphatic hydroxyl groups is 1. The van der Waals surface area contributed by atoms with Crippen molar-refractivity contribution in [3.8, 4) is 0 Å². The minimum absolute atomic E-state index is 0.128. The van der Waals surface area contributed by atoms with Gasteiger partial charge >= 0.3 is 24.1 Å². The first-order valence-corrected chi connectivity index (χ1v) is 11.6. The average molecular weight is 501 g/mol. The third-order valence-electron chi connectivity index (χ3n) is 4.98. The number of aliphatic hydroxyl groups excluding tert-OH is 1. The van der Waals surface area contributed by atoms with Crippen molar-refractivity contribution in [1.82, 2.24) is 9.80 Å². The molecule has 11 heteroatoms. The second-order valence-corrected chi connectivity index (χ2v) is 10.3. The lowest BCUT2D eigenvalue weighted by atomic mass is 9.95. The van der Waals surface area contributed by atoms with Gasteiger partial charge in [-0.2, -0.15) is 0 Å². The standard InChI is InChI=1S/C12H21NO5.C12H19NO4/c1-12(2,3)18-11(16)13-6-5-9(14)8(7-13)10(15)17-4;1-12(2,3)17-11(15)13-7-5-6-9(8-13)10(14)16-4/h8-9,14H,5-7H2,1-4H3;6H,5,7-8H2,1-4H3. The van der Waals surface area contributed by atoms with Crippen LogP contribution in [-0.4, -0.2) is 96.7 Å². The minimum Gasteiger partial charge on any atom is -0.469 e. The van der Waals surface area contributed by atoms with E-state index in [4.69, 9.17) is 9.47 Å². The normalized spacial score (nSPS) is 20.5. The maximum atomic E-state index is 11.8. The van der Waals surface area contributed by atoms with Crippen LogP contribution in [0.15, 0.2) is 11.6 Å². The topological polar surface area (TPSA) is 132 Å². The van der Waals surface area contributed by atoms with E-state index in [2.05, 4.69) is 9.47 Å². The Bertz CT molecular complexity index is 796. The van der Waals surface area contributed by atoms with E-state index in [0.29, 0.717) is 31.5 Å². The van der Waals surface area contributed by atoms with Crippen LogP contribution in [0.25, 0.3) is 0 Å². The molecule has 0 aromatic heterocycles. The number of piperidine rings is 1. The van der Waals surface area contributed by atoms with E-state index in [-0.39, 0.29) is 13.1 Å². The van der Waals surface area contributed by atoms with E-state index in [1.165, 1.54) is 24.0 Å². The molecule has 2 rings (SSSR count). The van der Waals surface area contributed by atoms with Gasteiger partial charge in [0.25, 0.3) is 0 Å². The quantitative estimate of drug-likeness (QED) is 0.449. The molecule has 2 amide bonds. The molecule has 1 fully saturated rings. The first-order chi connectivity index (χ1) is 16.1. The largest absolute Gasteiger partial charge is 0.469 e. The fourth-order valence-electron chi connectivity index (χ4n) is 3.32. The molecule has 2 heterocycles. The molecule has 11 nitrogen and oxygen atoms in total. The summed E-state index contributed by atoms with van der Waals surface area (Å²) in [5, 5.41) is 9.72. The first-order valence-electron chi connectivity index (χ1n) is 11.6. The molecule has 200 valence electrons. The summed E-state index contributed by atoms with van der Waals surface area (Å²) in [6.45, 7) is 12.1. The third-order valence-corrected chi connectivity index (χ3v) is 4.98. The van der Waals surface area contributed by atoms with E-state index in [0.717, 1.165) is 0 Å². The van der Waals surface area contributed by atoms with Crippen LogP contribution in [0.4, 0.5) is 9.59 Å². The molecule has 0 spiro atoms. The molecule has 2 aliphatic rings. The SMILES string of the molecule is COC(=O)C1=CCCN(C(=O)OC(C)(C)C)C1.COC(=O)C1CN(C(=O)OC(C)(C)C)CCC1O. The van der Waals surface area contributed by atoms with Crippen LogP contribution in [0, 0.1) is 5.92 Å². The Morgan fingerprint density at radius 3 is 1.91 bits per heavy atom. The van der Waals surface area contributed by atoms with Crippen LogP contribution < -0.4 is 0 Å². The summed E-state index contributed by atoms with van der Waals surface area (Å²) in [6, 6.07) is 0. The number of likely N-dealkylation sites (tertiary alicyclic amines) is 1. The zero-order valence-electron chi connectivity index (χ0n) is 22.1. The Morgan fingerprint density at radius 2 is 1.43 bits per heavy atom. The van der Waals surface area contributed by atoms with Gasteiger partial charge in [0.2, 0.25) is 0 Å². The number of rotatable bonds is 2. The van der Waals surface area contributed by atoms with Gasteiger partial charge in [-0.1, -0.05) is 6.08 Å². The molecule has 0 aliphatic carbocycles. The predicted molar refractivity (Wildman–Crippen MR) is 126 cm³/mol. The van der Waals surface area contributed by atoms with Crippen molar-refractivity contribution in [1.29, 1.82) is 0 Å². The lowest BCUT2D eigenvalue weighted by Crippen LogP contribution is -2.50. The van der Waals surface area contributed by atoms with E-state index < -0.39 is 47.3 Å². The number of carbonyl (C=O) groups excluding carboxylic acids is 4. The fraction of sp³-hybridized carbons (Fsp3) is 0.750. The Morgan fingerprint density at radius 1 is 0.886 bits per heavy atom. The Labute approximate surface area is 207 Å². The molecule has 1 N–H and O–H groups in total. The summed E-state index contributed by atoms with van der Waals surface area (Å²) in [4.78, 5) is 49.4. The highest BCUT2D eigenvalue weighted by atomic mass is 16.6. The highest BCUT2D eigenvalue weighted by Crippen LogP contribution is 2.21. The average Bonchev–Trinajstić information content (AvgIpc) is 2.76. The number of carbonyl (C=O) groups is 4. The third kappa shape index (κ3) is 10.5. The van der Waals surface area contributed by atoms with E-state index in [1.54, 1.807) is 26.8 Å². The van der Waals surface area contributed by atoms with Gasteiger partial charge in [0.15, 0.2) is 0 Å². The monoisotopic (exact) mass is 500 g/mol. The Hall–Kier alpha value is -2.82. The van der Waals surface area contributed by atoms with Gasteiger partial charge in [-0.05, 0) is 54.4 Å².